The summed E-state index contributed by atoms with van der Waals surface area (Å²) in [5.41, 5.74) is 0. The van der Waals surface area contributed by atoms with Crippen molar-refractivity contribution >= 4 is 29.2 Å². The standard InChI is InChI=1S/C13H24Cl2O2/c1-17-13(16)12(15)10-8-6-4-2-3-5-7-9-11-14/h12H,2-11H2,1H3. The zero-order chi connectivity index (χ0) is 12.9. The van der Waals surface area contributed by atoms with Crippen molar-refractivity contribution in [2.24, 2.45) is 0 Å². The van der Waals surface area contributed by atoms with E-state index in [2.05, 4.69) is 4.74 Å². The van der Waals surface area contributed by atoms with Crippen LogP contribution in [0.15, 0.2) is 0 Å². The number of hydrogen-bond acceptors (Lipinski definition) is 2. The molecule has 102 valence electrons. The average molecular weight is 283 g/mol. The summed E-state index contributed by atoms with van der Waals surface area (Å²) in [6.07, 6.45) is 10.3. The van der Waals surface area contributed by atoms with Crippen LogP contribution < -0.4 is 0 Å². The van der Waals surface area contributed by atoms with Gasteiger partial charge >= 0.3 is 5.97 Å². The third-order valence-corrected chi connectivity index (χ3v) is 3.46. The maximum Gasteiger partial charge on any atom is 0.323 e. The molecule has 0 amide bonds. The first-order chi connectivity index (χ1) is 8.22. The summed E-state index contributed by atoms with van der Waals surface area (Å²) < 4.78 is 4.56. The van der Waals surface area contributed by atoms with Crippen LogP contribution in [0.2, 0.25) is 0 Å². The van der Waals surface area contributed by atoms with Crippen molar-refractivity contribution in [3.8, 4) is 0 Å². The Bertz CT molecular complexity index is 186. The summed E-state index contributed by atoms with van der Waals surface area (Å²) in [4.78, 5) is 11.0. The zero-order valence-corrected chi connectivity index (χ0v) is 12.2. The fourth-order valence-electron chi connectivity index (χ4n) is 1.72. The van der Waals surface area contributed by atoms with Gasteiger partial charge in [0, 0.05) is 5.88 Å². The van der Waals surface area contributed by atoms with E-state index in [1.807, 2.05) is 0 Å². The molecule has 0 aliphatic carbocycles. The number of esters is 1. The third-order valence-electron chi connectivity index (χ3n) is 2.80. The van der Waals surface area contributed by atoms with Crippen molar-refractivity contribution in [2.45, 2.75) is 63.2 Å². The molecule has 0 N–H and O–H groups in total. The molecule has 0 fully saturated rings. The molecule has 0 radical (unpaired) electrons. The number of hydrogen-bond donors (Lipinski definition) is 0. The van der Waals surface area contributed by atoms with Crippen LogP contribution in [0.1, 0.15) is 57.8 Å². The Morgan fingerprint density at radius 2 is 1.47 bits per heavy atom. The van der Waals surface area contributed by atoms with Gasteiger partial charge in [-0.1, -0.05) is 44.9 Å². The monoisotopic (exact) mass is 282 g/mol. The predicted molar refractivity (Wildman–Crippen MR) is 73.9 cm³/mol. The lowest BCUT2D eigenvalue weighted by Gasteiger charge is -2.06. The van der Waals surface area contributed by atoms with E-state index < -0.39 is 5.38 Å². The highest BCUT2D eigenvalue weighted by molar-refractivity contribution is 6.29. The first kappa shape index (κ1) is 17.1. The second kappa shape index (κ2) is 12.5. The Balaban J connectivity index is 3.15. The van der Waals surface area contributed by atoms with Crippen molar-refractivity contribution in [2.75, 3.05) is 13.0 Å². The van der Waals surface area contributed by atoms with Crippen molar-refractivity contribution < 1.29 is 9.53 Å². The van der Waals surface area contributed by atoms with Crippen molar-refractivity contribution in [3.63, 3.8) is 0 Å². The molecule has 0 aromatic carbocycles. The Morgan fingerprint density at radius 1 is 1.00 bits per heavy atom. The molecule has 17 heavy (non-hydrogen) atoms. The number of alkyl halides is 2. The molecule has 0 rings (SSSR count). The minimum Gasteiger partial charge on any atom is -0.468 e. The summed E-state index contributed by atoms with van der Waals surface area (Å²) >= 11 is 11.4. The summed E-state index contributed by atoms with van der Waals surface area (Å²) in [5, 5.41) is -0.469. The molecular weight excluding hydrogens is 259 g/mol. The molecule has 0 aliphatic heterocycles. The first-order valence-corrected chi connectivity index (χ1v) is 7.47. The fourth-order valence-corrected chi connectivity index (χ4v) is 2.16. The zero-order valence-electron chi connectivity index (χ0n) is 10.7. The molecule has 0 bridgehead atoms. The molecule has 1 atom stereocenters. The van der Waals surface area contributed by atoms with Crippen molar-refractivity contribution in [1.29, 1.82) is 0 Å². The van der Waals surface area contributed by atoms with Gasteiger partial charge in [-0.25, -0.2) is 0 Å². The van der Waals surface area contributed by atoms with Gasteiger partial charge in [0.15, 0.2) is 0 Å². The first-order valence-electron chi connectivity index (χ1n) is 6.50. The smallest absolute Gasteiger partial charge is 0.323 e. The molecule has 0 saturated carbocycles. The largest absolute Gasteiger partial charge is 0.468 e. The molecule has 0 saturated heterocycles. The minimum absolute atomic E-state index is 0.312. The predicted octanol–water partition coefficient (Wildman–Crippen LogP) is 4.52. The van der Waals surface area contributed by atoms with Gasteiger partial charge in [0.05, 0.1) is 7.11 Å². The second-order valence-electron chi connectivity index (χ2n) is 4.30. The maximum absolute atomic E-state index is 11.0. The summed E-state index contributed by atoms with van der Waals surface area (Å²) in [6.45, 7) is 0. The second-order valence-corrected chi connectivity index (χ2v) is 5.20. The van der Waals surface area contributed by atoms with Gasteiger partial charge < -0.3 is 4.74 Å². The maximum atomic E-state index is 11.0. The SMILES string of the molecule is COC(=O)C(Cl)CCCCCCCCCCCl. The number of rotatable bonds is 11. The van der Waals surface area contributed by atoms with Gasteiger partial charge in [0.1, 0.15) is 5.38 Å². The fraction of sp³-hybridized carbons (Fsp3) is 0.923. The van der Waals surface area contributed by atoms with E-state index in [1.165, 1.54) is 39.2 Å². The van der Waals surface area contributed by atoms with Crippen LogP contribution in [0.25, 0.3) is 0 Å². The van der Waals surface area contributed by atoms with E-state index in [0.29, 0.717) is 0 Å². The van der Waals surface area contributed by atoms with E-state index in [4.69, 9.17) is 23.2 Å². The summed E-state index contributed by atoms with van der Waals surface area (Å²) in [6, 6.07) is 0. The molecule has 0 spiro atoms. The molecule has 2 nitrogen and oxygen atoms in total. The van der Waals surface area contributed by atoms with E-state index in [-0.39, 0.29) is 5.97 Å². The van der Waals surface area contributed by atoms with E-state index in [0.717, 1.165) is 31.6 Å². The highest BCUT2D eigenvalue weighted by atomic mass is 35.5. The Kier molecular flexibility index (Phi) is 12.5. The van der Waals surface area contributed by atoms with Crippen LogP contribution in [0.4, 0.5) is 0 Å². The molecule has 0 aromatic heterocycles. The van der Waals surface area contributed by atoms with E-state index in [9.17, 15) is 4.79 Å². The van der Waals surface area contributed by atoms with Gasteiger partial charge in [-0.15, -0.1) is 23.2 Å². The van der Waals surface area contributed by atoms with Crippen molar-refractivity contribution in [3.05, 3.63) is 0 Å². The Morgan fingerprint density at radius 3 is 1.94 bits per heavy atom. The van der Waals surface area contributed by atoms with E-state index >= 15 is 0 Å². The Labute approximate surface area is 115 Å². The van der Waals surface area contributed by atoms with E-state index in [1.54, 1.807) is 0 Å². The van der Waals surface area contributed by atoms with Gasteiger partial charge in [-0.3, -0.25) is 4.79 Å². The number of halogens is 2. The lowest BCUT2D eigenvalue weighted by atomic mass is 10.1. The van der Waals surface area contributed by atoms with Gasteiger partial charge in [0.25, 0.3) is 0 Å². The average Bonchev–Trinajstić information content (AvgIpc) is 2.35. The molecule has 0 aliphatic rings. The number of methoxy groups -OCH3 is 1. The molecule has 4 heteroatoms. The quantitative estimate of drug-likeness (QED) is 0.316. The number of carbonyl (C=O) groups excluding carboxylic acids is 1. The number of carbonyl (C=O) groups is 1. The molecule has 1 unspecified atom stereocenters. The lowest BCUT2D eigenvalue weighted by Crippen LogP contribution is -2.15. The summed E-state index contributed by atoms with van der Waals surface area (Å²) in [7, 11) is 1.37. The molecular formula is C13H24Cl2O2. The van der Waals surface area contributed by atoms with Crippen LogP contribution >= 0.6 is 23.2 Å². The summed E-state index contributed by atoms with van der Waals surface area (Å²) in [5.74, 6) is 0.470. The molecule has 0 aromatic rings. The van der Waals surface area contributed by atoms with Crippen LogP contribution in [0, 0.1) is 0 Å². The normalized spacial score (nSPS) is 12.4. The Hall–Kier alpha value is 0.0500. The number of ether oxygens (including phenoxy) is 1. The van der Waals surface area contributed by atoms with Crippen LogP contribution in [-0.4, -0.2) is 24.3 Å². The van der Waals surface area contributed by atoms with Gasteiger partial charge in [-0.2, -0.15) is 0 Å². The minimum atomic E-state index is -0.469. The molecule has 0 heterocycles. The topological polar surface area (TPSA) is 26.3 Å². The number of unbranched alkanes of at least 4 members (excludes halogenated alkanes) is 7. The van der Waals surface area contributed by atoms with Gasteiger partial charge in [-0.05, 0) is 12.8 Å². The van der Waals surface area contributed by atoms with Gasteiger partial charge in [0.2, 0.25) is 0 Å². The van der Waals surface area contributed by atoms with Crippen LogP contribution in [0.5, 0.6) is 0 Å². The highest BCUT2D eigenvalue weighted by Gasteiger charge is 2.14. The van der Waals surface area contributed by atoms with Crippen LogP contribution in [0.3, 0.4) is 0 Å². The van der Waals surface area contributed by atoms with Crippen molar-refractivity contribution in [1.82, 2.24) is 0 Å². The lowest BCUT2D eigenvalue weighted by molar-refractivity contribution is -0.140. The third kappa shape index (κ3) is 10.9. The van der Waals surface area contributed by atoms with Crippen LogP contribution in [-0.2, 0) is 9.53 Å². The highest BCUT2D eigenvalue weighted by Crippen LogP contribution is 2.13.